The van der Waals surface area contributed by atoms with Gasteiger partial charge in [0.05, 0.1) is 6.04 Å². The fourth-order valence-corrected chi connectivity index (χ4v) is 2.61. The smallest absolute Gasteiger partial charge is 0.0596 e. The minimum Gasteiger partial charge on any atom is -0.326 e. The maximum absolute atomic E-state index is 5.76. The van der Waals surface area contributed by atoms with Crippen molar-refractivity contribution in [3.63, 3.8) is 0 Å². The summed E-state index contributed by atoms with van der Waals surface area (Å²) in [6, 6.07) is 17.7. The number of benzene rings is 2. The van der Waals surface area contributed by atoms with Crippen molar-refractivity contribution in [2.75, 3.05) is 14.1 Å². The molecule has 0 radical (unpaired) electrons. The molecule has 2 aromatic carbocycles. The average Bonchev–Trinajstić information content (AvgIpc) is 2.48. The molecule has 20 heavy (non-hydrogen) atoms. The van der Waals surface area contributed by atoms with Gasteiger partial charge < -0.3 is 5.73 Å². The summed E-state index contributed by atoms with van der Waals surface area (Å²) in [5.41, 5.74) is 10.9. The Kier molecular flexibility index (Phi) is 4.94. The Bertz CT molecular complexity index is 544. The van der Waals surface area contributed by atoms with Crippen LogP contribution in [0.1, 0.15) is 35.2 Å². The molecule has 0 fully saturated rings. The summed E-state index contributed by atoms with van der Waals surface area (Å²) in [4.78, 5) is 2.25. The van der Waals surface area contributed by atoms with E-state index in [0.717, 1.165) is 6.42 Å². The van der Waals surface area contributed by atoms with Crippen LogP contribution in [-0.4, -0.2) is 19.0 Å². The standard InChI is InChI=1S/C18H24N2/c1-4-14-8-10-16(11-9-14)18(20(2)3)17-7-5-6-15(12-17)13-19/h5-12,18H,4,13,19H2,1-3H3. The molecule has 2 heteroatoms. The zero-order valence-corrected chi connectivity index (χ0v) is 12.6. The second kappa shape index (κ2) is 6.69. The monoisotopic (exact) mass is 268 g/mol. The topological polar surface area (TPSA) is 29.3 Å². The summed E-state index contributed by atoms with van der Waals surface area (Å²) >= 11 is 0. The van der Waals surface area contributed by atoms with Crippen molar-refractivity contribution in [2.24, 2.45) is 5.73 Å². The maximum atomic E-state index is 5.76. The molecule has 0 aliphatic rings. The second-order valence-electron chi connectivity index (χ2n) is 5.41. The fraction of sp³-hybridized carbons (Fsp3) is 0.333. The predicted molar refractivity (Wildman–Crippen MR) is 85.7 cm³/mol. The average molecular weight is 268 g/mol. The van der Waals surface area contributed by atoms with Crippen LogP contribution < -0.4 is 5.73 Å². The van der Waals surface area contributed by atoms with E-state index in [4.69, 9.17) is 5.73 Å². The lowest BCUT2D eigenvalue weighted by Crippen LogP contribution is -2.21. The van der Waals surface area contributed by atoms with E-state index in [9.17, 15) is 0 Å². The largest absolute Gasteiger partial charge is 0.326 e. The third-order valence-electron chi connectivity index (χ3n) is 3.72. The van der Waals surface area contributed by atoms with Gasteiger partial charge >= 0.3 is 0 Å². The number of nitrogens with zero attached hydrogens (tertiary/aromatic N) is 1. The Morgan fingerprint density at radius 3 is 2.20 bits per heavy atom. The third kappa shape index (κ3) is 3.27. The zero-order valence-electron chi connectivity index (χ0n) is 12.6. The van der Waals surface area contributed by atoms with Gasteiger partial charge in [-0.2, -0.15) is 0 Å². The summed E-state index contributed by atoms with van der Waals surface area (Å²) in [6.45, 7) is 2.77. The second-order valence-corrected chi connectivity index (χ2v) is 5.41. The van der Waals surface area contributed by atoms with Gasteiger partial charge in [0.15, 0.2) is 0 Å². The van der Waals surface area contributed by atoms with Crippen molar-refractivity contribution in [3.05, 3.63) is 70.8 Å². The van der Waals surface area contributed by atoms with Crippen molar-refractivity contribution >= 4 is 0 Å². The van der Waals surface area contributed by atoms with E-state index in [-0.39, 0.29) is 6.04 Å². The van der Waals surface area contributed by atoms with Crippen molar-refractivity contribution in [1.82, 2.24) is 4.90 Å². The zero-order chi connectivity index (χ0) is 14.5. The van der Waals surface area contributed by atoms with Crippen molar-refractivity contribution in [2.45, 2.75) is 25.9 Å². The minimum atomic E-state index is 0.271. The molecule has 0 saturated heterocycles. The summed E-state index contributed by atoms with van der Waals surface area (Å²) < 4.78 is 0. The van der Waals surface area contributed by atoms with Gasteiger partial charge in [0, 0.05) is 6.54 Å². The lowest BCUT2D eigenvalue weighted by atomic mass is 9.95. The molecule has 2 N–H and O–H groups in total. The van der Waals surface area contributed by atoms with Gasteiger partial charge in [0.25, 0.3) is 0 Å². The Balaban J connectivity index is 2.39. The highest BCUT2D eigenvalue weighted by atomic mass is 15.1. The maximum Gasteiger partial charge on any atom is 0.0596 e. The molecule has 0 spiro atoms. The Morgan fingerprint density at radius 1 is 0.950 bits per heavy atom. The van der Waals surface area contributed by atoms with E-state index in [2.05, 4.69) is 74.4 Å². The Morgan fingerprint density at radius 2 is 1.65 bits per heavy atom. The van der Waals surface area contributed by atoms with Gasteiger partial charge in [0.2, 0.25) is 0 Å². The summed E-state index contributed by atoms with van der Waals surface area (Å²) in [5.74, 6) is 0. The van der Waals surface area contributed by atoms with Crippen LogP contribution in [0.15, 0.2) is 48.5 Å². The molecular weight excluding hydrogens is 244 g/mol. The van der Waals surface area contributed by atoms with Gasteiger partial charge in [-0.15, -0.1) is 0 Å². The first-order chi connectivity index (χ1) is 9.65. The number of nitrogens with two attached hydrogens (primary N) is 1. The van der Waals surface area contributed by atoms with Gasteiger partial charge in [-0.05, 0) is 42.8 Å². The van der Waals surface area contributed by atoms with Gasteiger partial charge in [-0.1, -0.05) is 55.5 Å². The summed E-state index contributed by atoms with van der Waals surface area (Å²) in [7, 11) is 4.24. The van der Waals surface area contributed by atoms with E-state index < -0.39 is 0 Å². The third-order valence-corrected chi connectivity index (χ3v) is 3.72. The number of hydrogen-bond donors (Lipinski definition) is 1. The predicted octanol–water partition coefficient (Wildman–Crippen LogP) is 3.36. The molecule has 0 amide bonds. The first-order valence-corrected chi connectivity index (χ1v) is 7.20. The summed E-state index contributed by atoms with van der Waals surface area (Å²) in [5, 5.41) is 0. The van der Waals surface area contributed by atoms with Crippen molar-refractivity contribution < 1.29 is 0 Å². The van der Waals surface area contributed by atoms with Gasteiger partial charge in [-0.3, -0.25) is 4.90 Å². The van der Waals surface area contributed by atoms with Crippen LogP contribution in [0.5, 0.6) is 0 Å². The van der Waals surface area contributed by atoms with E-state index in [0.29, 0.717) is 6.54 Å². The van der Waals surface area contributed by atoms with Crippen LogP contribution in [-0.2, 0) is 13.0 Å². The molecule has 0 aliphatic carbocycles. The van der Waals surface area contributed by atoms with Crippen LogP contribution in [0, 0.1) is 0 Å². The SMILES string of the molecule is CCc1ccc(C(c2cccc(CN)c2)N(C)C)cc1. The fourth-order valence-electron chi connectivity index (χ4n) is 2.61. The molecule has 1 unspecified atom stereocenters. The highest BCUT2D eigenvalue weighted by molar-refractivity contribution is 5.35. The van der Waals surface area contributed by atoms with Crippen molar-refractivity contribution in [3.8, 4) is 0 Å². The van der Waals surface area contributed by atoms with E-state index in [1.165, 1.54) is 22.3 Å². The quantitative estimate of drug-likeness (QED) is 0.901. The number of aryl methyl sites for hydroxylation is 1. The highest BCUT2D eigenvalue weighted by Gasteiger charge is 2.16. The molecule has 2 nitrogen and oxygen atoms in total. The highest BCUT2D eigenvalue weighted by Crippen LogP contribution is 2.27. The van der Waals surface area contributed by atoms with Crippen LogP contribution in [0.3, 0.4) is 0 Å². The molecule has 0 heterocycles. The molecule has 1 atom stereocenters. The van der Waals surface area contributed by atoms with Crippen molar-refractivity contribution in [1.29, 1.82) is 0 Å². The Hall–Kier alpha value is -1.64. The van der Waals surface area contributed by atoms with Gasteiger partial charge in [0.1, 0.15) is 0 Å². The molecule has 106 valence electrons. The molecule has 0 saturated carbocycles. The van der Waals surface area contributed by atoms with Gasteiger partial charge in [-0.25, -0.2) is 0 Å². The van der Waals surface area contributed by atoms with E-state index in [1.807, 2.05) is 0 Å². The lowest BCUT2D eigenvalue weighted by molar-refractivity contribution is 0.342. The Labute approximate surface area is 122 Å². The van der Waals surface area contributed by atoms with Crippen LogP contribution in [0.4, 0.5) is 0 Å². The summed E-state index contributed by atoms with van der Waals surface area (Å²) in [6.07, 6.45) is 1.08. The van der Waals surface area contributed by atoms with E-state index >= 15 is 0 Å². The molecule has 0 bridgehead atoms. The van der Waals surface area contributed by atoms with Crippen LogP contribution in [0.2, 0.25) is 0 Å². The molecule has 2 rings (SSSR count). The molecular formula is C18H24N2. The first kappa shape index (κ1) is 14.8. The number of hydrogen-bond acceptors (Lipinski definition) is 2. The van der Waals surface area contributed by atoms with Crippen LogP contribution in [0.25, 0.3) is 0 Å². The normalized spacial score (nSPS) is 12.7. The molecule has 0 aliphatic heterocycles. The molecule has 0 aromatic heterocycles. The van der Waals surface area contributed by atoms with E-state index in [1.54, 1.807) is 0 Å². The van der Waals surface area contributed by atoms with Crippen LogP contribution >= 0.6 is 0 Å². The molecule has 2 aromatic rings. The first-order valence-electron chi connectivity index (χ1n) is 7.20. The lowest BCUT2D eigenvalue weighted by Gasteiger charge is -2.26. The minimum absolute atomic E-state index is 0.271. The number of rotatable bonds is 5.